The topological polar surface area (TPSA) is 35.2 Å². The van der Waals surface area contributed by atoms with Gasteiger partial charge in [0.25, 0.3) is 0 Å². The zero-order valence-electron chi connectivity index (χ0n) is 11.2. The van der Waals surface area contributed by atoms with E-state index in [1.54, 1.807) is 0 Å². The molecular weight excluding hydrogens is 222 g/mol. The Morgan fingerprint density at radius 1 is 1.33 bits per heavy atom. The van der Waals surface area contributed by atoms with E-state index in [0.717, 1.165) is 19.3 Å². The van der Waals surface area contributed by atoms with Crippen LogP contribution in [0.2, 0.25) is 0 Å². The van der Waals surface area contributed by atoms with Crippen LogP contribution >= 0.6 is 0 Å². The zero-order chi connectivity index (χ0) is 12.6. The van der Waals surface area contributed by atoms with Gasteiger partial charge in [-0.15, -0.1) is 0 Å². The molecule has 2 atom stereocenters. The molecule has 2 heteroatoms. The van der Waals surface area contributed by atoms with Crippen LogP contribution < -0.4 is 5.73 Å². The van der Waals surface area contributed by atoms with Gasteiger partial charge in [0.15, 0.2) is 0 Å². The fraction of sp³-hybridized carbons (Fsp3) is 0.625. The molecule has 2 nitrogen and oxygen atoms in total. The van der Waals surface area contributed by atoms with E-state index in [0.29, 0.717) is 5.92 Å². The molecule has 1 aromatic rings. The van der Waals surface area contributed by atoms with Crippen LogP contribution in [0.3, 0.4) is 0 Å². The quantitative estimate of drug-likeness (QED) is 0.885. The number of methoxy groups -OCH3 is 1. The van der Waals surface area contributed by atoms with Crippen LogP contribution in [0.5, 0.6) is 0 Å². The highest BCUT2D eigenvalue weighted by atomic mass is 16.5. The molecule has 0 aromatic heterocycles. The average molecular weight is 245 g/mol. The van der Waals surface area contributed by atoms with Crippen LogP contribution in [0.4, 0.5) is 0 Å². The van der Waals surface area contributed by atoms with Crippen molar-refractivity contribution >= 4 is 0 Å². The molecule has 1 saturated carbocycles. The number of benzene rings is 1. The highest BCUT2D eigenvalue weighted by Gasteiger charge is 2.41. The number of hydrogen-bond donors (Lipinski definition) is 1. The molecule has 0 aliphatic heterocycles. The lowest BCUT2D eigenvalue weighted by molar-refractivity contribution is -0.0294. The predicted octanol–water partition coefficient (Wildman–Crippen LogP) is 3.00. The highest BCUT2D eigenvalue weighted by molar-refractivity contribution is 5.40. The van der Waals surface area contributed by atoms with E-state index in [2.05, 4.69) is 24.3 Å². The number of fused-ring (bicyclic) bond motifs is 1. The normalized spacial score (nSPS) is 26.4. The van der Waals surface area contributed by atoms with Crippen LogP contribution in [-0.2, 0) is 11.2 Å². The van der Waals surface area contributed by atoms with Crippen molar-refractivity contribution in [3.63, 3.8) is 0 Å². The van der Waals surface area contributed by atoms with Gasteiger partial charge in [-0.1, -0.05) is 37.1 Å². The summed E-state index contributed by atoms with van der Waals surface area (Å²) in [5.41, 5.74) is 9.45. The minimum Gasteiger partial charge on any atom is -0.377 e. The second-order valence-corrected chi connectivity index (χ2v) is 5.92. The van der Waals surface area contributed by atoms with E-state index in [1.807, 2.05) is 7.11 Å². The van der Waals surface area contributed by atoms with Crippen molar-refractivity contribution in [3.8, 4) is 0 Å². The van der Waals surface area contributed by atoms with E-state index in [1.165, 1.54) is 30.4 Å². The summed E-state index contributed by atoms with van der Waals surface area (Å²) < 4.78 is 5.79. The van der Waals surface area contributed by atoms with E-state index in [-0.39, 0.29) is 11.6 Å². The lowest BCUT2D eigenvalue weighted by Crippen LogP contribution is -2.48. The fourth-order valence-electron chi connectivity index (χ4n) is 3.79. The molecule has 1 aromatic carbocycles. The molecule has 0 saturated heterocycles. The molecule has 0 spiro atoms. The average Bonchev–Trinajstić information content (AvgIpc) is 2.86. The molecule has 98 valence electrons. The smallest absolute Gasteiger partial charge is 0.0829 e. The molecule has 0 heterocycles. The Bertz CT molecular complexity index is 423. The Morgan fingerprint density at radius 3 is 2.72 bits per heavy atom. The summed E-state index contributed by atoms with van der Waals surface area (Å²) >= 11 is 0. The Hall–Kier alpha value is -0.860. The summed E-state index contributed by atoms with van der Waals surface area (Å²) in [6, 6.07) is 8.94. The van der Waals surface area contributed by atoms with E-state index >= 15 is 0 Å². The third kappa shape index (κ3) is 1.88. The van der Waals surface area contributed by atoms with Crippen molar-refractivity contribution in [2.45, 2.75) is 56.1 Å². The second-order valence-electron chi connectivity index (χ2n) is 5.92. The molecule has 0 bridgehead atoms. The van der Waals surface area contributed by atoms with Gasteiger partial charge >= 0.3 is 0 Å². The summed E-state index contributed by atoms with van der Waals surface area (Å²) in [5, 5.41) is 0. The molecule has 18 heavy (non-hydrogen) atoms. The minimum atomic E-state index is -0.0372. The van der Waals surface area contributed by atoms with Crippen molar-refractivity contribution in [3.05, 3.63) is 35.4 Å². The SMILES string of the molecule is COC1(C(N)CC2Cc3ccccc32)CCCC1. The molecule has 1 fully saturated rings. The molecule has 0 radical (unpaired) electrons. The molecule has 2 aliphatic carbocycles. The third-order valence-electron chi connectivity index (χ3n) is 5.03. The van der Waals surface area contributed by atoms with E-state index < -0.39 is 0 Å². The lowest BCUT2D eigenvalue weighted by Gasteiger charge is -2.39. The zero-order valence-corrected chi connectivity index (χ0v) is 11.2. The van der Waals surface area contributed by atoms with Crippen molar-refractivity contribution in [2.75, 3.05) is 7.11 Å². The van der Waals surface area contributed by atoms with Gasteiger partial charge in [-0.05, 0) is 42.7 Å². The molecule has 2 unspecified atom stereocenters. The predicted molar refractivity (Wildman–Crippen MR) is 73.7 cm³/mol. The van der Waals surface area contributed by atoms with Crippen LogP contribution in [0.25, 0.3) is 0 Å². The number of rotatable bonds is 4. The van der Waals surface area contributed by atoms with Gasteiger partial charge in [0.2, 0.25) is 0 Å². The van der Waals surface area contributed by atoms with Gasteiger partial charge in [-0.25, -0.2) is 0 Å². The minimum absolute atomic E-state index is 0.0372. The number of nitrogens with two attached hydrogens (primary N) is 1. The fourth-order valence-corrected chi connectivity index (χ4v) is 3.79. The number of hydrogen-bond acceptors (Lipinski definition) is 2. The van der Waals surface area contributed by atoms with Crippen molar-refractivity contribution in [2.24, 2.45) is 5.73 Å². The van der Waals surface area contributed by atoms with Gasteiger partial charge in [0.1, 0.15) is 0 Å². The molecule has 3 rings (SSSR count). The summed E-state index contributed by atoms with van der Waals surface area (Å²) in [6.07, 6.45) is 7.08. The first-order chi connectivity index (χ1) is 8.75. The van der Waals surface area contributed by atoms with Gasteiger partial charge in [-0.3, -0.25) is 0 Å². The van der Waals surface area contributed by atoms with Crippen LogP contribution in [0, 0.1) is 0 Å². The number of ether oxygens (including phenoxy) is 1. The molecular formula is C16H23NO. The first-order valence-corrected chi connectivity index (χ1v) is 7.14. The third-order valence-corrected chi connectivity index (χ3v) is 5.03. The Labute approximate surface area is 110 Å². The van der Waals surface area contributed by atoms with Gasteiger partial charge in [0.05, 0.1) is 5.60 Å². The maximum Gasteiger partial charge on any atom is 0.0829 e. The Morgan fingerprint density at radius 2 is 2.06 bits per heavy atom. The monoisotopic (exact) mass is 245 g/mol. The van der Waals surface area contributed by atoms with Gasteiger partial charge in [-0.2, -0.15) is 0 Å². The molecule has 2 N–H and O–H groups in total. The summed E-state index contributed by atoms with van der Waals surface area (Å²) in [6.45, 7) is 0. The molecule has 0 amide bonds. The maximum atomic E-state index is 6.47. The van der Waals surface area contributed by atoms with Crippen LogP contribution in [0.1, 0.15) is 49.1 Å². The van der Waals surface area contributed by atoms with E-state index in [9.17, 15) is 0 Å². The van der Waals surface area contributed by atoms with Crippen LogP contribution in [0.15, 0.2) is 24.3 Å². The first-order valence-electron chi connectivity index (χ1n) is 7.14. The molecule has 2 aliphatic rings. The first kappa shape index (κ1) is 12.2. The van der Waals surface area contributed by atoms with Gasteiger partial charge in [0, 0.05) is 13.2 Å². The van der Waals surface area contributed by atoms with Crippen molar-refractivity contribution in [1.82, 2.24) is 0 Å². The summed E-state index contributed by atoms with van der Waals surface area (Å²) in [4.78, 5) is 0. The van der Waals surface area contributed by atoms with Crippen molar-refractivity contribution in [1.29, 1.82) is 0 Å². The summed E-state index contributed by atoms with van der Waals surface area (Å²) in [5.74, 6) is 0.656. The van der Waals surface area contributed by atoms with E-state index in [4.69, 9.17) is 10.5 Å². The summed E-state index contributed by atoms with van der Waals surface area (Å²) in [7, 11) is 1.83. The van der Waals surface area contributed by atoms with Crippen molar-refractivity contribution < 1.29 is 4.74 Å². The standard InChI is InChI=1S/C16H23NO/c1-18-16(8-4-5-9-16)15(17)11-13-10-12-6-2-3-7-14(12)13/h2-3,6-7,13,15H,4-5,8-11,17H2,1H3. The van der Waals surface area contributed by atoms with Crippen LogP contribution in [-0.4, -0.2) is 18.8 Å². The van der Waals surface area contributed by atoms with Gasteiger partial charge < -0.3 is 10.5 Å². The Balaban J connectivity index is 1.67. The Kier molecular flexibility index (Phi) is 3.16. The highest BCUT2D eigenvalue weighted by Crippen LogP contribution is 2.42. The second kappa shape index (κ2) is 4.67. The lowest BCUT2D eigenvalue weighted by atomic mass is 9.72. The maximum absolute atomic E-state index is 6.47. The largest absolute Gasteiger partial charge is 0.377 e.